The Balaban J connectivity index is 1.92. The molecule has 0 radical (unpaired) electrons. The molecule has 0 fully saturated rings. The first-order valence-corrected chi connectivity index (χ1v) is 5.81. The summed E-state index contributed by atoms with van der Waals surface area (Å²) in [5, 5.41) is 7.26. The molecule has 1 aromatic carbocycles. The monoisotopic (exact) mass is 252 g/mol. The molecule has 0 bridgehead atoms. The zero-order chi connectivity index (χ0) is 13.1. The van der Waals surface area contributed by atoms with Crippen molar-refractivity contribution in [2.24, 2.45) is 5.90 Å². The molecule has 0 saturated carbocycles. The number of nitrogens with one attached hydrogen (secondary N) is 1. The maximum Gasteiger partial charge on any atom is 0.146 e. The van der Waals surface area contributed by atoms with Crippen molar-refractivity contribution in [2.45, 2.75) is 0 Å². The minimum atomic E-state index is 0.615. The Morgan fingerprint density at radius 1 is 1.00 bits per heavy atom. The van der Waals surface area contributed by atoms with Crippen molar-refractivity contribution in [1.29, 1.82) is 0 Å². The fourth-order valence-corrected chi connectivity index (χ4v) is 1.83. The first-order valence-electron chi connectivity index (χ1n) is 5.81. The van der Waals surface area contributed by atoms with E-state index in [1.807, 2.05) is 36.4 Å². The lowest BCUT2D eigenvalue weighted by molar-refractivity contribution is 0.334. The zero-order valence-corrected chi connectivity index (χ0v) is 10.1. The van der Waals surface area contributed by atoms with Crippen molar-refractivity contribution in [3.8, 4) is 28.4 Å². The number of hydrogen-bond donors (Lipinski definition) is 2. The van der Waals surface area contributed by atoms with Crippen LogP contribution in [-0.4, -0.2) is 15.2 Å². The molecule has 3 rings (SSSR count). The molecular weight excluding hydrogens is 240 g/mol. The van der Waals surface area contributed by atoms with E-state index in [1.165, 1.54) is 0 Å². The van der Waals surface area contributed by atoms with Crippen molar-refractivity contribution in [3.63, 3.8) is 0 Å². The Hall–Kier alpha value is -2.66. The third kappa shape index (κ3) is 2.31. The van der Waals surface area contributed by atoms with Crippen LogP contribution < -0.4 is 10.7 Å². The fraction of sp³-hybridized carbons (Fsp3) is 0. The number of H-pyrrole nitrogens is 1. The molecule has 2 aromatic heterocycles. The van der Waals surface area contributed by atoms with Gasteiger partial charge in [0.15, 0.2) is 0 Å². The van der Waals surface area contributed by atoms with Gasteiger partial charge in [-0.05, 0) is 42.5 Å². The van der Waals surface area contributed by atoms with Gasteiger partial charge in [-0.25, -0.2) is 0 Å². The normalized spacial score (nSPS) is 10.4. The van der Waals surface area contributed by atoms with Gasteiger partial charge in [0.2, 0.25) is 0 Å². The van der Waals surface area contributed by atoms with Gasteiger partial charge in [0, 0.05) is 11.8 Å². The summed E-state index contributed by atoms with van der Waals surface area (Å²) in [5.41, 5.74) is 3.58. The highest BCUT2D eigenvalue weighted by molar-refractivity contribution is 5.66. The molecule has 19 heavy (non-hydrogen) atoms. The van der Waals surface area contributed by atoms with Crippen molar-refractivity contribution >= 4 is 0 Å². The number of aromatic amines is 1. The first kappa shape index (κ1) is 11.4. The first-order chi connectivity index (χ1) is 9.36. The van der Waals surface area contributed by atoms with Crippen molar-refractivity contribution in [1.82, 2.24) is 15.2 Å². The predicted octanol–water partition coefficient (Wildman–Crippen LogP) is 2.39. The molecular formula is C14H12N4O. The highest BCUT2D eigenvalue weighted by Gasteiger charge is 2.06. The summed E-state index contributed by atoms with van der Waals surface area (Å²) in [4.78, 5) is 8.92. The lowest BCUT2D eigenvalue weighted by Gasteiger charge is -1.99. The maximum atomic E-state index is 5.09. The second-order valence-electron chi connectivity index (χ2n) is 4.02. The van der Waals surface area contributed by atoms with Crippen LogP contribution in [-0.2, 0) is 0 Å². The van der Waals surface area contributed by atoms with Gasteiger partial charge in [0.1, 0.15) is 5.75 Å². The molecule has 0 aliphatic carbocycles. The van der Waals surface area contributed by atoms with Crippen LogP contribution in [0.4, 0.5) is 0 Å². The summed E-state index contributed by atoms with van der Waals surface area (Å²) < 4.78 is 0. The summed E-state index contributed by atoms with van der Waals surface area (Å²) in [5.74, 6) is 5.70. The van der Waals surface area contributed by atoms with Gasteiger partial charge in [-0.2, -0.15) is 11.0 Å². The second kappa shape index (κ2) is 4.91. The molecule has 0 atom stereocenters. The molecule has 5 nitrogen and oxygen atoms in total. The topological polar surface area (TPSA) is 76.8 Å². The van der Waals surface area contributed by atoms with Crippen LogP contribution in [0.2, 0.25) is 0 Å². The van der Waals surface area contributed by atoms with E-state index in [2.05, 4.69) is 20.0 Å². The number of nitrogens with two attached hydrogens (primary N) is 1. The van der Waals surface area contributed by atoms with E-state index < -0.39 is 0 Å². The van der Waals surface area contributed by atoms with Crippen LogP contribution in [0, 0.1) is 0 Å². The van der Waals surface area contributed by atoms with Gasteiger partial charge in [-0.15, -0.1) is 0 Å². The number of benzene rings is 1. The molecule has 0 spiro atoms. The highest BCUT2D eigenvalue weighted by Crippen LogP contribution is 2.23. The van der Waals surface area contributed by atoms with Crippen LogP contribution >= 0.6 is 0 Å². The Kier molecular flexibility index (Phi) is 2.96. The van der Waals surface area contributed by atoms with Crippen LogP contribution in [0.15, 0.2) is 54.7 Å². The number of nitrogens with zero attached hydrogens (tertiary/aromatic N) is 2. The third-order valence-electron chi connectivity index (χ3n) is 2.80. The van der Waals surface area contributed by atoms with Gasteiger partial charge in [0.25, 0.3) is 0 Å². The smallest absolute Gasteiger partial charge is 0.146 e. The average molecular weight is 252 g/mol. The average Bonchev–Trinajstić information content (AvgIpc) is 2.98. The van der Waals surface area contributed by atoms with E-state index in [1.54, 1.807) is 18.3 Å². The van der Waals surface area contributed by atoms with E-state index in [4.69, 9.17) is 5.90 Å². The summed E-state index contributed by atoms with van der Waals surface area (Å²) in [6.07, 6.45) is 1.75. The third-order valence-corrected chi connectivity index (χ3v) is 2.80. The summed E-state index contributed by atoms with van der Waals surface area (Å²) in [6, 6.07) is 15.1. The van der Waals surface area contributed by atoms with Crippen LogP contribution in [0.25, 0.3) is 22.6 Å². The Labute approximate surface area is 110 Å². The largest absolute Gasteiger partial charge is 0.412 e. The van der Waals surface area contributed by atoms with Gasteiger partial charge >= 0.3 is 0 Å². The van der Waals surface area contributed by atoms with E-state index in [0.29, 0.717) is 5.75 Å². The van der Waals surface area contributed by atoms with Gasteiger partial charge in [0.05, 0.1) is 17.1 Å². The zero-order valence-electron chi connectivity index (χ0n) is 10.1. The van der Waals surface area contributed by atoms with Crippen LogP contribution in [0.5, 0.6) is 5.75 Å². The number of pyridine rings is 1. The molecule has 0 aliphatic heterocycles. The van der Waals surface area contributed by atoms with E-state index >= 15 is 0 Å². The molecule has 0 amide bonds. The van der Waals surface area contributed by atoms with Crippen molar-refractivity contribution in [2.75, 3.05) is 0 Å². The quantitative estimate of drug-likeness (QED) is 0.702. The second-order valence-corrected chi connectivity index (χ2v) is 4.02. The summed E-state index contributed by atoms with van der Waals surface area (Å²) in [7, 11) is 0. The molecule has 5 heteroatoms. The summed E-state index contributed by atoms with van der Waals surface area (Å²) >= 11 is 0. The number of hydrogen-bond acceptors (Lipinski definition) is 4. The highest BCUT2D eigenvalue weighted by atomic mass is 16.6. The fourth-order valence-electron chi connectivity index (χ4n) is 1.83. The van der Waals surface area contributed by atoms with Crippen molar-refractivity contribution < 1.29 is 4.84 Å². The van der Waals surface area contributed by atoms with E-state index in [9.17, 15) is 0 Å². The Morgan fingerprint density at radius 3 is 2.53 bits per heavy atom. The Morgan fingerprint density at radius 2 is 1.84 bits per heavy atom. The maximum absolute atomic E-state index is 5.09. The summed E-state index contributed by atoms with van der Waals surface area (Å²) in [6.45, 7) is 0. The van der Waals surface area contributed by atoms with E-state index in [-0.39, 0.29) is 0 Å². The Bertz CT molecular complexity index is 661. The van der Waals surface area contributed by atoms with E-state index in [0.717, 1.165) is 22.6 Å². The van der Waals surface area contributed by atoms with Gasteiger partial charge in [-0.3, -0.25) is 10.1 Å². The number of aromatic nitrogens is 3. The van der Waals surface area contributed by atoms with Crippen molar-refractivity contribution in [3.05, 3.63) is 54.7 Å². The molecule has 3 N–H and O–H groups in total. The standard InChI is InChI=1S/C14H12N4O/c15-19-11-6-4-10(5-7-11)13-9-14(18-17-13)12-3-1-2-8-16-12/h1-9H,15H2,(H,17,18). The molecule has 0 saturated heterocycles. The molecule has 0 aliphatic rings. The predicted molar refractivity (Wildman–Crippen MR) is 72.1 cm³/mol. The van der Waals surface area contributed by atoms with Gasteiger partial charge in [-0.1, -0.05) is 6.07 Å². The van der Waals surface area contributed by atoms with Gasteiger partial charge < -0.3 is 4.84 Å². The molecule has 3 aromatic rings. The lowest BCUT2D eigenvalue weighted by Crippen LogP contribution is -2.01. The van der Waals surface area contributed by atoms with Crippen LogP contribution in [0.1, 0.15) is 0 Å². The molecule has 2 heterocycles. The minimum absolute atomic E-state index is 0.615. The molecule has 94 valence electrons. The number of rotatable bonds is 3. The molecule has 0 unspecified atom stereocenters. The lowest BCUT2D eigenvalue weighted by atomic mass is 10.1. The SMILES string of the molecule is NOc1ccc(-c2cc(-c3ccccn3)[nH]n2)cc1. The van der Waals surface area contributed by atoms with Crippen LogP contribution in [0.3, 0.4) is 0 Å². The minimum Gasteiger partial charge on any atom is -0.412 e.